The minimum atomic E-state index is -0.599. The average Bonchev–Trinajstić information content (AvgIpc) is 3.05. The van der Waals surface area contributed by atoms with Gasteiger partial charge in [0.15, 0.2) is 20.2 Å². The van der Waals surface area contributed by atoms with Gasteiger partial charge in [0.05, 0.1) is 5.71 Å². The second kappa shape index (κ2) is 23.1. The number of alkyl halides is 1. The van der Waals surface area contributed by atoms with Crippen LogP contribution in [0, 0.1) is 0 Å². The topological polar surface area (TPSA) is 134 Å². The number of carbonyl (C=O) groups is 3. The highest BCUT2D eigenvalue weighted by molar-refractivity contribution is 6.27. The van der Waals surface area contributed by atoms with E-state index in [1.165, 1.54) is 0 Å². The molecule has 2 rings (SSSR count). The Bertz CT molecular complexity index is 1170. The molecule has 1 aliphatic heterocycles. The zero-order valence-electron chi connectivity index (χ0n) is 28.5. The van der Waals surface area contributed by atoms with Gasteiger partial charge >= 0.3 is 5.97 Å². The summed E-state index contributed by atoms with van der Waals surface area (Å²) >= 11 is 5.65. The predicted molar refractivity (Wildman–Crippen MR) is 180 cm³/mol. The molecule has 0 spiro atoms. The number of hydrogen-bond acceptors (Lipinski definition) is 10. The van der Waals surface area contributed by atoms with E-state index >= 15 is 0 Å². The molecule has 13 heteroatoms. The lowest BCUT2D eigenvalue weighted by molar-refractivity contribution is -0.137. The van der Waals surface area contributed by atoms with Crippen LogP contribution in [0.4, 0.5) is 0 Å². The molecule has 0 aliphatic carbocycles. The molecule has 2 atom stereocenters. The van der Waals surface area contributed by atoms with Gasteiger partial charge in [-0.1, -0.05) is 30.7 Å². The van der Waals surface area contributed by atoms with E-state index in [1.54, 1.807) is 30.9 Å². The number of halogens is 1. The van der Waals surface area contributed by atoms with Crippen LogP contribution in [0.2, 0.25) is 0 Å². The third-order valence-electron chi connectivity index (χ3n) is 7.15. The van der Waals surface area contributed by atoms with Crippen molar-refractivity contribution in [2.75, 3.05) is 52.4 Å². The van der Waals surface area contributed by atoms with E-state index in [0.717, 1.165) is 45.2 Å². The molecule has 47 heavy (non-hydrogen) atoms. The summed E-state index contributed by atoms with van der Waals surface area (Å²) < 4.78 is 28.3. The first-order valence-corrected chi connectivity index (χ1v) is 17.0. The van der Waals surface area contributed by atoms with Crippen molar-refractivity contribution in [1.29, 1.82) is 0 Å². The molecule has 0 bridgehead atoms. The van der Waals surface area contributed by atoms with Crippen LogP contribution < -0.4 is 14.8 Å². The Morgan fingerprint density at radius 1 is 1.04 bits per heavy atom. The first-order chi connectivity index (χ1) is 22.7. The third kappa shape index (κ3) is 15.4. The fourth-order valence-corrected chi connectivity index (χ4v) is 4.91. The van der Waals surface area contributed by atoms with E-state index in [0.29, 0.717) is 36.7 Å². The van der Waals surface area contributed by atoms with Crippen molar-refractivity contribution < 1.29 is 42.9 Å². The van der Waals surface area contributed by atoms with E-state index in [9.17, 15) is 14.4 Å². The van der Waals surface area contributed by atoms with Gasteiger partial charge in [-0.05, 0) is 65.0 Å². The maximum atomic E-state index is 13.7. The van der Waals surface area contributed by atoms with Crippen molar-refractivity contribution >= 4 is 35.1 Å². The maximum absolute atomic E-state index is 13.7. The lowest BCUT2D eigenvalue weighted by atomic mass is 10.0. The van der Waals surface area contributed by atoms with Crippen molar-refractivity contribution in [3.8, 4) is 11.5 Å². The SMILES string of the molecule is CCCC(C=CCC(C)OC(=O)c1c(CC(C)=NOCC(=O)N2CCCCC2)cc(OCOCC)cc1OCOCC)NC(=O)CCl. The summed E-state index contributed by atoms with van der Waals surface area (Å²) in [5.74, 6) is -0.417. The number of oxime groups is 1. The van der Waals surface area contributed by atoms with E-state index < -0.39 is 12.1 Å². The van der Waals surface area contributed by atoms with Crippen LogP contribution in [0.25, 0.3) is 0 Å². The largest absolute Gasteiger partial charge is 0.467 e. The monoisotopic (exact) mass is 681 g/mol. The number of piperidine rings is 1. The van der Waals surface area contributed by atoms with Crippen molar-refractivity contribution in [3.63, 3.8) is 0 Å². The summed E-state index contributed by atoms with van der Waals surface area (Å²) in [6.07, 6.45) is 8.62. The molecule has 1 fully saturated rings. The number of esters is 1. The van der Waals surface area contributed by atoms with Crippen LogP contribution >= 0.6 is 11.6 Å². The Morgan fingerprint density at radius 2 is 1.74 bits per heavy atom. The Balaban J connectivity index is 2.27. The molecule has 2 unspecified atom stereocenters. The van der Waals surface area contributed by atoms with Crippen LogP contribution in [0.15, 0.2) is 29.4 Å². The molecule has 2 amide bonds. The Morgan fingerprint density at radius 3 is 2.40 bits per heavy atom. The van der Waals surface area contributed by atoms with Gasteiger partial charge in [-0.2, -0.15) is 0 Å². The van der Waals surface area contributed by atoms with Crippen molar-refractivity contribution in [3.05, 3.63) is 35.4 Å². The van der Waals surface area contributed by atoms with Gasteiger partial charge in [-0.15, -0.1) is 11.6 Å². The lowest BCUT2D eigenvalue weighted by Crippen LogP contribution is -2.37. The number of ether oxygens (including phenoxy) is 5. The molecule has 0 saturated carbocycles. The van der Waals surface area contributed by atoms with Gasteiger partial charge < -0.3 is 38.7 Å². The van der Waals surface area contributed by atoms with E-state index in [1.807, 2.05) is 32.9 Å². The van der Waals surface area contributed by atoms with Gasteiger partial charge in [0.2, 0.25) is 5.91 Å². The fraction of sp³-hybridized carbons (Fsp3) is 0.647. The first-order valence-electron chi connectivity index (χ1n) is 16.5. The van der Waals surface area contributed by atoms with Crippen LogP contribution in [-0.2, 0) is 35.1 Å². The van der Waals surface area contributed by atoms with Gasteiger partial charge in [-0.25, -0.2) is 4.79 Å². The lowest BCUT2D eigenvalue weighted by Gasteiger charge is -2.26. The molecule has 1 N–H and O–H groups in total. The van der Waals surface area contributed by atoms with Crippen molar-refractivity contribution in [2.45, 2.75) is 91.7 Å². The second-order valence-corrected chi connectivity index (χ2v) is 11.4. The average molecular weight is 682 g/mol. The van der Waals surface area contributed by atoms with E-state index in [2.05, 4.69) is 10.5 Å². The molecule has 12 nitrogen and oxygen atoms in total. The highest BCUT2D eigenvalue weighted by Gasteiger charge is 2.24. The van der Waals surface area contributed by atoms with Gasteiger partial charge in [0.25, 0.3) is 5.91 Å². The molecule has 0 radical (unpaired) electrons. The zero-order valence-corrected chi connectivity index (χ0v) is 29.3. The zero-order chi connectivity index (χ0) is 34.4. The number of nitrogens with one attached hydrogen (secondary N) is 1. The molecule has 1 heterocycles. The number of rotatable bonds is 22. The predicted octanol–water partition coefficient (Wildman–Crippen LogP) is 5.40. The van der Waals surface area contributed by atoms with Gasteiger partial charge in [-0.3, -0.25) is 9.59 Å². The number of carbonyl (C=O) groups excluding carboxylic acids is 3. The van der Waals surface area contributed by atoms with Gasteiger partial charge in [0, 0.05) is 51.3 Å². The summed E-state index contributed by atoms with van der Waals surface area (Å²) in [4.78, 5) is 45.2. The van der Waals surface area contributed by atoms with Gasteiger partial charge in [0.1, 0.15) is 29.0 Å². The molecule has 1 aromatic carbocycles. The Hall–Kier alpha value is -3.35. The minimum absolute atomic E-state index is 0.00711. The van der Waals surface area contributed by atoms with Crippen LogP contribution in [-0.4, -0.2) is 92.9 Å². The van der Waals surface area contributed by atoms with Crippen LogP contribution in [0.5, 0.6) is 11.5 Å². The number of benzene rings is 1. The van der Waals surface area contributed by atoms with Crippen LogP contribution in [0.3, 0.4) is 0 Å². The summed E-state index contributed by atoms with van der Waals surface area (Å²) in [7, 11) is 0. The molecule has 0 aromatic heterocycles. The molecule has 1 saturated heterocycles. The van der Waals surface area contributed by atoms with E-state index in [4.69, 9.17) is 40.1 Å². The summed E-state index contributed by atoms with van der Waals surface area (Å²) in [6, 6.07) is 3.14. The molecule has 1 aromatic rings. The molecular formula is C34H52ClN3O9. The number of amides is 2. The third-order valence-corrected chi connectivity index (χ3v) is 7.39. The molecular weight excluding hydrogens is 630 g/mol. The smallest absolute Gasteiger partial charge is 0.342 e. The minimum Gasteiger partial charge on any atom is -0.467 e. The normalized spacial score (nSPS) is 14.9. The Kier molecular flexibility index (Phi) is 19.5. The van der Waals surface area contributed by atoms with Crippen molar-refractivity contribution in [2.24, 2.45) is 5.16 Å². The first kappa shape index (κ1) is 39.8. The Labute approximate surface area is 284 Å². The fourth-order valence-electron chi connectivity index (χ4n) is 4.83. The van der Waals surface area contributed by atoms with Crippen molar-refractivity contribution in [1.82, 2.24) is 10.2 Å². The molecule has 1 aliphatic rings. The highest BCUT2D eigenvalue weighted by Crippen LogP contribution is 2.31. The highest BCUT2D eigenvalue weighted by atomic mass is 35.5. The number of hydrogen-bond donors (Lipinski definition) is 1. The maximum Gasteiger partial charge on any atom is 0.342 e. The number of likely N-dealkylation sites (tertiary alicyclic amines) is 1. The second-order valence-electron chi connectivity index (χ2n) is 11.2. The quantitative estimate of drug-likeness (QED) is 0.0325. The van der Waals surface area contributed by atoms with Crippen LogP contribution in [0.1, 0.15) is 89.1 Å². The standard InChI is InChI=1S/C34H52ClN3O9/c1-6-13-28(36-31(39)21-35)15-12-14-26(5)47-34(41)33-27(18-25(4)37-46-22-32(40)38-16-10-9-11-17-38)19-29(44-23-42-7-2)20-30(33)45-24-43-8-3/h12,15,19-20,26,28H,6-11,13-14,16-18,21-24H2,1-5H3,(H,36,39). The number of nitrogens with zero attached hydrogens (tertiary/aromatic N) is 2. The summed E-state index contributed by atoms with van der Waals surface area (Å²) in [6.45, 7) is 11.4. The summed E-state index contributed by atoms with van der Waals surface area (Å²) in [5, 5.41) is 7.03. The molecule has 264 valence electrons. The van der Waals surface area contributed by atoms with E-state index in [-0.39, 0.29) is 61.7 Å². The summed E-state index contributed by atoms with van der Waals surface area (Å²) in [5.41, 5.74) is 1.25.